The number of halogens is 2. The fraction of sp³-hybridized carbons (Fsp3) is 0.321. The second-order valence-corrected chi connectivity index (χ2v) is 11.1. The van der Waals surface area contributed by atoms with Crippen LogP contribution in [0.25, 0.3) is 0 Å². The number of carboxylic acids is 1. The maximum Gasteiger partial charge on any atom is 0.308 e. The van der Waals surface area contributed by atoms with Crippen molar-refractivity contribution in [3.63, 3.8) is 0 Å². The van der Waals surface area contributed by atoms with Crippen LogP contribution in [0.4, 0.5) is 0 Å². The second kappa shape index (κ2) is 12.6. The predicted molar refractivity (Wildman–Crippen MR) is 148 cm³/mol. The number of aromatic nitrogens is 3. The van der Waals surface area contributed by atoms with E-state index in [-0.39, 0.29) is 6.42 Å². The summed E-state index contributed by atoms with van der Waals surface area (Å²) < 4.78 is 7.70. The predicted octanol–water partition coefficient (Wildman–Crippen LogP) is 7.05. The van der Waals surface area contributed by atoms with E-state index in [4.69, 9.17) is 32.9 Å². The van der Waals surface area contributed by atoms with Crippen LogP contribution in [-0.2, 0) is 30.6 Å². The fourth-order valence-electron chi connectivity index (χ4n) is 3.93. The maximum absolute atomic E-state index is 11.4. The van der Waals surface area contributed by atoms with Crippen LogP contribution in [0.3, 0.4) is 0 Å². The van der Waals surface area contributed by atoms with Gasteiger partial charge >= 0.3 is 5.97 Å². The fourth-order valence-corrected chi connectivity index (χ4v) is 5.54. The molecule has 0 atom stereocenters. The highest BCUT2D eigenvalue weighted by Gasteiger charge is 2.17. The van der Waals surface area contributed by atoms with Crippen LogP contribution >= 0.6 is 34.5 Å². The highest BCUT2D eigenvalue weighted by atomic mass is 35.5. The van der Waals surface area contributed by atoms with Crippen LogP contribution in [0.15, 0.2) is 54.7 Å². The average molecular weight is 559 g/mol. The lowest BCUT2D eigenvalue weighted by molar-refractivity contribution is -0.136. The van der Waals surface area contributed by atoms with Gasteiger partial charge in [-0.05, 0) is 36.1 Å². The van der Waals surface area contributed by atoms with Gasteiger partial charge in [-0.3, -0.25) is 9.48 Å². The Labute approximate surface area is 230 Å². The minimum absolute atomic E-state index is 0.139. The molecule has 2 heterocycles. The monoisotopic (exact) mass is 557 g/mol. The summed E-state index contributed by atoms with van der Waals surface area (Å²) in [5.74, 6) is -0.215. The number of aliphatic carboxylic acids is 1. The van der Waals surface area contributed by atoms with Crippen molar-refractivity contribution in [2.45, 2.75) is 52.0 Å². The minimum atomic E-state index is -0.918. The zero-order valence-electron chi connectivity index (χ0n) is 20.8. The molecule has 1 N–H and O–H groups in total. The first-order chi connectivity index (χ1) is 17.8. The first-order valence-corrected chi connectivity index (χ1v) is 13.7. The summed E-state index contributed by atoms with van der Waals surface area (Å²) in [6, 6.07) is 15.5. The van der Waals surface area contributed by atoms with E-state index in [1.165, 1.54) is 4.88 Å². The van der Waals surface area contributed by atoms with E-state index in [1.54, 1.807) is 28.3 Å². The molecule has 2 aromatic heterocycles. The first kappa shape index (κ1) is 27.2. The standard InChI is InChI=1S/C28H29Cl2N3O3S/c1-18(2)28-31-24(25(37-28)13-20-10-11-22(29)15-23(20)30)9-6-12-36-27-21(14-26(34)35)17-33(32-27)16-19-7-4-3-5-8-19/h3-5,7-8,10-11,15,17-18H,6,9,12-14,16H2,1-2H3,(H,34,35). The number of rotatable bonds is 12. The van der Waals surface area contributed by atoms with E-state index in [2.05, 4.69) is 18.9 Å². The van der Waals surface area contributed by atoms with Gasteiger partial charge in [0, 0.05) is 39.0 Å². The molecule has 37 heavy (non-hydrogen) atoms. The molecule has 0 bridgehead atoms. The second-order valence-electron chi connectivity index (χ2n) is 9.15. The van der Waals surface area contributed by atoms with E-state index >= 15 is 0 Å². The molecule has 0 saturated heterocycles. The molecule has 4 aromatic rings. The quantitative estimate of drug-likeness (QED) is 0.189. The molecule has 0 saturated carbocycles. The van der Waals surface area contributed by atoms with Crippen molar-refractivity contribution in [2.75, 3.05) is 6.61 Å². The third kappa shape index (κ3) is 7.57. The summed E-state index contributed by atoms with van der Waals surface area (Å²) in [6.07, 6.45) is 3.77. The summed E-state index contributed by atoms with van der Waals surface area (Å²) in [4.78, 5) is 17.5. The smallest absolute Gasteiger partial charge is 0.308 e. The number of benzene rings is 2. The SMILES string of the molecule is CC(C)c1nc(CCCOc2nn(Cc3ccccc3)cc2CC(=O)O)c(Cc2ccc(Cl)cc2Cl)s1. The van der Waals surface area contributed by atoms with Gasteiger partial charge in [-0.15, -0.1) is 16.4 Å². The molecular weight excluding hydrogens is 529 g/mol. The van der Waals surface area contributed by atoms with Gasteiger partial charge in [-0.25, -0.2) is 4.98 Å². The molecular formula is C28H29Cl2N3O3S. The number of aryl methyl sites for hydroxylation is 1. The molecule has 4 rings (SSSR count). The van der Waals surface area contributed by atoms with Crippen molar-refractivity contribution in [1.82, 2.24) is 14.8 Å². The topological polar surface area (TPSA) is 77.2 Å². The average Bonchev–Trinajstić information content (AvgIpc) is 3.42. The molecule has 0 radical (unpaired) electrons. The third-order valence-corrected chi connectivity index (χ3v) is 7.76. The van der Waals surface area contributed by atoms with Crippen molar-refractivity contribution < 1.29 is 14.6 Å². The molecule has 0 spiro atoms. The van der Waals surface area contributed by atoms with Gasteiger partial charge in [0.05, 0.1) is 30.3 Å². The first-order valence-electron chi connectivity index (χ1n) is 12.2. The Bertz CT molecular complexity index is 1350. The Morgan fingerprint density at radius 2 is 1.92 bits per heavy atom. The van der Waals surface area contributed by atoms with Gasteiger partial charge in [-0.1, -0.05) is 73.4 Å². The zero-order valence-corrected chi connectivity index (χ0v) is 23.1. The van der Waals surface area contributed by atoms with Crippen LogP contribution in [-0.4, -0.2) is 32.4 Å². The number of thiazole rings is 1. The number of hydrogen-bond acceptors (Lipinski definition) is 5. The summed E-state index contributed by atoms with van der Waals surface area (Å²) in [6.45, 7) is 5.23. The molecule has 9 heteroatoms. The summed E-state index contributed by atoms with van der Waals surface area (Å²) >= 11 is 14.2. The van der Waals surface area contributed by atoms with Gasteiger partial charge in [0.2, 0.25) is 5.88 Å². The molecule has 0 aliphatic rings. The minimum Gasteiger partial charge on any atom is -0.481 e. The van der Waals surface area contributed by atoms with Crippen LogP contribution in [0, 0.1) is 0 Å². The highest BCUT2D eigenvalue weighted by Crippen LogP contribution is 2.31. The number of carbonyl (C=O) groups is 1. The van der Waals surface area contributed by atoms with Gasteiger partial charge in [0.1, 0.15) is 0 Å². The van der Waals surface area contributed by atoms with E-state index in [0.717, 1.165) is 34.7 Å². The molecule has 0 amide bonds. The number of carboxylic acid groups (broad SMARTS) is 1. The molecule has 0 unspecified atom stereocenters. The van der Waals surface area contributed by atoms with Crippen LogP contribution in [0.2, 0.25) is 10.0 Å². The Kier molecular flexibility index (Phi) is 9.24. The Hall–Kier alpha value is -2.87. The van der Waals surface area contributed by atoms with Crippen molar-refractivity contribution in [1.29, 1.82) is 0 Å². The van der Waals surface area contributed by atoms with Gasteiger partial charge < -0.3 is 9.84 Å². The molecule has 194 valence electrons. The summed E-state index contributed by atoms with van der Waals surface area (Å²) in [5.41, 5.74) is 3.71. The van der Waals surface area contributed by atoms with Crippen molar-refractivity contribution >= 4 is 40.5 Å². The lowest BCUT2D eigenvalue weighted by Gasteiger charge is -2.07. The number of hydrogen-bond donors (Lipinski definition) is 1. The van der Waals surface area contributed by atoms with Gasteiger partial charge in [-0.2, -0.15) is 0 Å². The molecule has 0 aliphatic carbocycles. The molecule has 2 aromatic carbocycles. The Morgan fingerprint density at radius 3 is 2.62 bits per heavy atom. The molecule has 0 aliphatic heterocycles. The number of ether oxygens (including phenoxy) is 1. The third-order valence-electron chi connectivity index (χ3n) is 5.78. The van der Waals surface area contributed by atoms with E-state index in [1.807, 2.05) is 42.5 Å². The van der Waals surface area contributed by atoms with E-state index in [0.29, 0.717) is 47.0 Å². The molecule has 6 nitrogen and oxygen atoms in total. The van der Waals surface area contributed by atoms with E-state index < -0.39 is 5.97 Å². The van der Waals surface area contributed by atoms with Crippen LogP contribution in [0.1, 0.15) is 58.5 Å². The van der Waals surface area contributed by atoms with Crippen molar-refractivity contribution in [3.8, 4) is 5.88 Å². The lowest BCUT2D eigenvalue weighted by atomic mass is 10.1. The lowest BCUT2D eigenvalue weighted by Crippen LogP contribution is -2.05. The summed E-state index contributed by atoms with van der Waals surface area (Å²) in [7, 11) is 0. The maximum atomic E-state index is 11.4. The molecule has 0 fully saturated rings. The van der Waals surface area contributed by atoms with Crippen LogP contribution < -0.4 is 4.74 Å². The summed E-state index contributed by atoms with van der Waals surface area (Å²) in [5, 5.41) is 16.2. The van der Waals surface area contributed by atoms with Gasteiger partial charge in [0.15, 0.2) is 0 Å². The normalized spacial score (nSPS) is 11.3. The van der Waals surface area contributed by atoms with E-state index in [9.17, 15) is 9.90 Å². The zero-order chi connectivity index (χ0) is 26.4. The Morgan fingerprint density at radius 1 is 1.14 bits per heavy atom. The highest BCUT2D eigenvalue weighted by molar-refractivity contribution is 7.11. The van der Waals surface area contributed by atoms with Crippen molar-refractivity contribution in [2.24, 2.45) is 0 Å². The van der Waals surface area contributed by atoms with Gasteiger partial charge in [0.25, 0.3) is 0 Å². The number of nitrogens with zero attached hydrogens (tertiary/aromatic N) is 3. The van der Waals surface area contributed by atoms with Crippen LogP contribution in [0.5, 0.6) is 5.88 Å². The van der Waals surface area contributed by atoms with Crippen molar-refractivity contribution in [3.05, 3.63) is 97.0 Å². The Balaban J connectivity index is 1.42. The largest absolute Gasteiger partial charge is 0.481 e.